The fourth-order valence-electron chi connectivity index (χ4n) is 2.48. The highest BCUT2D eigenvalue weighted by molar-refractivity contribution is 5.36. The van der Waals surface area contributed by atoms with E-state index in [1.54, 1.807) is 7.11 Å². The van der Waals surface area contributed by atoms with Crippen LogP contribution in [0.4, 0.5) is 0 Å². The quantitative estimate of drug-likeness (QED) is 0.630. The lowest BCUT2D eigenvalue weighted by Crippen LogP contribution is -2.29. The van der Waals surface area contributed by atoms with Gasteiger partial charge in [0.1, 0.15) is 5.75 Å². The molecule has 0 heterocycles. The van der Waals surface area contributed by atoms with Gasteiger partial charge in [0.15, 0.2) is 0 Å². The summed E-state index contributed by atoms with van der Waals surface area (Å²) in [6, 6.07) is 16.8. The van der Waals surface area contributed by atoms with Crippen LogP contribution in [0.5, 0.6) is 5.75 Å². The van der Waals surface area contributed by atoms with E-state index in [0.29, 0.717) is 5.92 Å². The van der Waals surface area contributed by atoms with Crippen molar-refractivity contribution in [1.29, 1.82) is 0 Å². The Morgan fingerprint density at radius 1 is 1.00 bits per heavy atom. The number of benzene rings is 2. The monoisotopic (exact) mass is 284 g/mol. The van der Waals surface area contributed by atoms with Gasteiger partial charge in [-0.3, -0.25) is 11.3 Å². The highest BCUT2D eigenvalue weighted by atomic mass is 16.5. The van der Waals surface area contributed by atoms with Crippen molar-refractivity contribution in [1.82, 2.24) is 5.43 Å². The number of methoxy groups -OCH3 is 1. The molecule has 0 radical (unpaired) electrons. The Labute approximate surface area is 127 Å². The Hall–Kier alpha value is -1.84. The maximum Gasteiger partial charge on any atom is 0.122 e. The molecule has 1 unspecified atom stereocenters. The van der Waals surface area contributed by atoms with E-state index in [2.05, 4.69) is 49.6 Å². The van der Waals surface area contributed by atoms with E-state index in [1.165, 1.54) is 11.1 Å². The molecule has 1 atom stereocenters. The Bertz CT molecular complexity index is 564. The molecule has 0 saturated carbocycles. The minimum Gasteiger partial charge on any atom is -0.496 e. The molecule has 0 aliphatic rings. The first-order chi connectivity index (χ1) is 10.2. The van der Waals surface area contributed by atoms with Crippen LogP contribution < -0.4 is 16.0 Å². The van der Waals surface area contributed by atoms with E-state index in [-0.39, 0.29) is 6.04 Å². The van der Waals surface area contributed by atoms with Gasteiger partial charge in [0, 0.05) is 0 Å². The van der Waals surface area contributed by atoms with Crippen LogP contribution in [-0.2, 0) is 6.42 Å². The summed E-state index contributed by atoms with van der Waals surface area (Å²) in [7, 11) is 1.70. The number of nitrogens with one attached hydrogen (secondary N) is 1. The van der Waals surface area contributed by atoms with Crippen LogP contribution in [0.1, 0.15) is 42.5 Å². The first-order valence-electron chi connectivity index (χ1n) is 7.33. The Kier molecular flexibility index (Phi) is 5.37. The average molecular weight is 284 g/mol. The molecular weight excluding hydrogens is 260 g/mol. The number of nitrogens with two attached hydrogens (primary N) is 1. The smallest absolute Gasteiger partial charge is 0.122 e. The molecule has 0 aliphatic heterocycles. The SMILES string of the molecule is COc1ccccc1CC(NN)c1ccc(C(C)C)cc1. The molecule has 3 heteroatoms. The molecule has 0 aromatic heterocycles. The molecule has 0 fully saturated rings. The van der Waals surface area contributed by atoms with Crippen molar-refractivity contribution in [2.45, 2.75) is 32.2 Å². The van der Waals surface area contributed by atoms with Crippen LogP contribution in [0, 0.1) is 0 Å². The zero-order chi connectivity index (χ0) is 15.2. The van der Waals surface area contributed by atoms with Crippen molar-refractivity contribution in [2.24, 2.45) is 5.84 Å². The van der Waals surface area contributed by atoms with Gasteiger partial charge in [-0.25, -0.2) is 0 Å². The maximum absolute atomic E-state index is 5.75. The van der Waals surface area contributed by atoms with E-state index < -0.39 is 0 Å². The highest BCUT2D eigenvalue weighted by Gasteiger charge is 2.13. The maximum atomic E-state index is 5.75. The summed E-state index contributed by atoms with van der Waals surface area (Å²) in [4.78, 5) is 0. The minimum atomic E-state index is 0.0718. The fourth-order valence-corrected chi connectivity index (χ4v) is 2.48. The third-order valence-corrected chi connectivity index (χ3v) is 3.82. The van der Waals surface area contributed by atoms with Gasteiger partial charge < -0.3 is 4.74 Å². The van der Waals surface area contributed by atoms with Gasteiger partial charge in [0.25, 0.3) is 0 Å². The van der Waals surface area contributed by atoms with Gasteiger partial charge >= 0.3 is 0 Å². The molecule has 0 saturated heterocycles. The topological polar surface area (TPSA) is 47.3 Å². The Morgan fingerprint density at radius 2 is 1.62 bits per heavy atom. The van der Waals surface area contributed by atoms with Crippen LogP contribution in [0.2, 0.25) is 0 Å². The Balaban J connectivity index is 2.19. The molecule has 112 valence electrons. The molecule has 3 N–H and O–H groups in total. The van der Waals surface area contributed by atoms with E-state index in [1.807, 2.05) is 18.2 Å². The van der Waals surface area contributed by atoms with E-state index >= 15 is 0 Å². The second-order valence-corrected chi connectivity index (χ2v) is 5.56. The predicted molar refractivity (Wildman–Crippen MR) is 87.3 cm³/mol. The first kappa shape index (κ1) is 15.5. The summed E-state index contributed by atoms with van der Waals surface area (Å²) >= 11 is 0. The first-order valence-corrected chi connectivity index (χ1v) is 7.33. The van der Waals surface area contributed by atoms with E-state index in [0.717, 1.165) is 17.7 Å². The van der Waals surface area contributed by atoms with Crippen molar-refractivity contribution < 1.29 is 4.74 Å². The predicted octanol–water partition coefficient (Wildman–Crippen LogP) is 3.57. The molecule has 0 aliphatic carbocycles. The van der Waals surface area contributed by atoms with Gasteiger partial charge in [-0.1, -0.05) is 56.3 Å². The molecule has 21 heavy (non-hydrogen) atoms. The number of ether oxygens (including phenoxy) is 1. The third kappa shape index (κ3) is 3.84. The average Bonchev–Trinajstić information content (AvgIpc) is 2.53. The second-order valence-electron chi connectivity index (χ2n) is 5.56. The fraction of sp³-hybridized carbons (Fsp3) is 0.333. The molecular formula is C18H24N2O. The van der Waals surface area contributed by atoms with Crippen molar-refractivity contribution >= 4 is 0 Å². The largest absolute Gasteiger partial charge is 0.496 e. The van der Waals surface area contributed by atoms with Gasteiger partial charge in [0.2, 0.25) is 0 Å². The number of para-hydroxylation sites is 1. The van der Waals surface area contributed by atoms with E-state index in [9.17, 15) is 0 Å². The highest BCUT2D eigenvalue weighted by Crippen LogP contribution is 2.25. The van der Waals surface area contributed by atoms with Crippen LogP contribution in [0.3, 0.4) is 0 Å². The van der Waals surface area contributed by atoms with Crippen molar-refractivity contribution in [3.8, 4) is 5.75 Å². The lowest BCUT2D eigenvalue weighted by molar-refractivity contribution is 0.405. The number of hydrazine groups is 1. The summed E-state index contributed by atoms with van der Waals surface area (Å²) in [5.41, 5.74) is 6.59. The van der Waals surface area contributed by atoms with Crippen LogP contribution in [0.25, 0.3) is 0 Å². The summed E-state index contributed by atoms with van der Waals surface area (Å²) in [5, 5.41) is 0. The van der Waals surface area contributed by atoms with Gasteiger partial charge in [-0.05, 0) is 35.1 Å². The molecule has 2 aromatic rings. The normalized spacial score (nSPS) is 12.4. The molecule has 0 spiro atoms. The zero-order valence-electron chi connectivity index (χ0n) is 13.0. The van der Waals surface area contributed by atoms with E-state index in [4.69, 9.17) is 10.6 Å². The number of rotatable bonds is 6. The number of hydrogen-bond donors (Lipinski definition) is 2. The molecule has 2 rings (SSSR count). The molecule has 0 bridgehead atoms. The Morgan fingerprint density at radius 3 is 2.19 bits per heavy atom. The minimum absolute atomic E-state index is 0.0718. The zero-order valence-corrected chi connectivity index (χ0v) is 13.0. The van der Waals surface area contributed by atoms with Crippen molar-refractivity contribution in [3.63, 3.8) is 0 Å². The molecule has 0 amide bonds. The van der Waals surface area contributed by atoms with Crippen molar-refractivity contribution in [2.75, 3.05) is 7.11 Å². The third-order valence-electron chi connectivity index (χ3n) is 3.82. The summed E-state index contributed by atoms with van der Waals surface area (Å²) < 4.78 is 5.41. The molecule has 3 nitrogen and oxygen atoms in total. The lowest BCUT2D eigenvalue weighted by Gasteiger charge is -2.19. The van der Waals surface area contributed by atoms with Crippen molar-refractivity contribution in [3.05, 3.63) is 65.2 Å². The van der Waals surface area contributed by atoms with Gasteiger partial charge in [-0.2, -0.15) is 0 Å². The van der Waals surface area contributed by atoms with Crippen LogP contribution >= 0.6 is 0 Å². The number of hydrogen-bond acceptors (Lipinski definition) is 3. The summed E-state index contributed by atoms with van der Waals surface area (Å²) in [5.74, 6) is 7.19. The summed E-state index contributed by atoms with van der Waals surface area (Å²) in [6.07, 6.45) is 0.793. The molecule has 2 aromatic carbocycles. The van der Waals surface area contributed by atoms with Gasteiger partial charge in [-0.15, -0.1) is 0 Å². The van der Waals surface area contributed by atoms with Gasteiger partial charge in [0.05, 0.1) is 13.2 Å². The van der Waals surface area contributed by atoms with Crippen LogP contribution in [0.15, 0.2) is 48.5 Å². The standard InChI is InChI=1S/C18H24N2O/c1-13(2)14-8-10-15(11-9-14)17(20-19)12-16-6-4-5-7-18(16)21-3/h4-11,13,17,20H,12,19H2,1-3H3. The summed E-state index contributed by atoms with van der Waals surface area (Å²) in [6.45, 7) is 4.39. The second kappa shape index (κ2) is 7.25. The van der Waals surface area contributed by atoms with Crippen LogP contribution in [-0.4, -0.2) is 7.11 Å². The lowest BCUT2D eigenvalue weighted by atomic mass is 9.95.